The molecule has 0 spiro atoms. The highest BCUT2D eigenvalue weighted by atomic mass is 35.5. The molecule has 132 valence electrons. The van der Waals surface area contributed by atoms with E-state index in [1.54, 1.807) is 29.0 Å². The lowest BCUT2D eigenvalue weighted by Gasteiger charge is -2.25. The van der Waals surface area contributed by atoms with Crippen LogP contribution >= 0.6 is 22.9 Å². The fourth-order valence-electron chi connectivity index (χ4n) is 2.27. The average molecular weight is 402 g/mol. The van der Waals surface area contributed by atoms with Gasteiger partial charge in [-0.15, -0.1) is 0 Å². The molecule has 0 aliphatic heterocycles. The molecule has 0 aliphatic rings. The van der Waals surface area contributed by atoms with Crippen molar-refractivity contribution in [2.24, 2.45) is 0 Å². The summed E-state index contributed by atoms with van der Waals surface area (Å²) in [7, 11) is -4.01. The van der Waals surface area contributed by atoms with Crippen molar-refractivity contribution in [3.05, 3.63) is 75.6 Å². The number of sulfonamides is 1. The first-order valence-electron chi connectivity index (χ1n) is 7.07. The topological polar surface area (TPSA) is 79.5 Å². The first-order valence-corrected chi connectivity index (χ1v) is 9.87. The van der Waals surface area contributed by atoms with Crippen molar-refractivity contribution in [1.82, 2.24) is 4.72 Å². The van der Waals surface area contributed by atoms with Crippen LogP contribution in [0.1, 0.15) is 11.3 Å². The maximum absolute atomic E-state index is 13.2. The molecule has 0 aliphatic carbocycles. The van der Waals surface area contributed by atoms with Gasteiger partial charge in [0.1, 0.15) is 11.6 Å². The molecule has 0 fully saturated rings. The maximum Gasteiger partial charge on any atom is 0.240 e. The van der Waals surface area contributed by atoms with E-state index >= 15 is 0 Å². The van der Waals surface area contributed by atoms with Crippen molar-refractivity contribution in [2.75, 3.05) is 6.54 Å². The smallest absolute Gasteiger partial charge is 0.240 e. The van der Waals surface area contributed by atoms with Crippen LogP contribution in [0.2, 0.25) is 5.02 Å². The lowest BCUT2D eigenvalue weighted by molar-refractivity contribution is 0.0623. The number of hydrogen-bond donors (Lipinski definition) is 2. The zero-order chi connectivity index (χ0) is 18.1. The van der Waals surface area contributed by atoms with E-state index in [1.165, 1.54) is 17.6 Å². The number of rotatable bonds is 6. The zero-order valence-corrected chi connectivity index (χ0v) is 15.0. The molecule has 0 saturated carbocycles. The van der Waals surface area contributed by atoms with Crippen LogP contribution in [0.4, 0.5) is 4.39 Å². The number of thiophene rings is 1. The van der Waals surface area contributed by atoms with E-state index in [4.69, 9.17) is 16.0 Å². The summed E-state index contributed by atoms with van der Waals surface area (Å²) in [6.07, 6.45) is 1.39. The zero-order valence-electron chi connectivity index (χ0n) is 12.6. The quantitative estimate of drug-likeness (QED) is 0.663. The Labute approximate surface area is 152 Å². The fourth-order valence-corrected chi connectivity index (χ4v) is 4.33. The first kappa shape index (κ1) is 18.1. The number of aliphatic hydroxyl groups is 1. The highest BCUT2D eigenvalue weighted by molar-refractivity contribution is 7.89. The molecule has 3 aromatic rings. The van der Waals surface area contributed by atoms with E-state index < -0.39 is 21.4 Å². The molecule has 0 radical (unpaired) electrons. The molecule has 3 rings (SSSR count). The second kappa shape index (κ2) is 6.89. The van der Waals surface area contributed by atoms with Crippen LogP contribution in [0.5, 0.6) is 0 Å². The van der Waals surface area contributed by atoms with Crippen LogP contribution in [-0.4, -0.2) is 20.1 Å². The van der Waals surface area contributed by atoms with Gasteiger partial charge in [0, 0.05) is 5.56 Å². The van der Waals surface area contributed by atoms with Gasteiger partial charge in [-0.3, -0.25) is 0 Å². The Bertz CT molecular complexity index is 922. The second-order valence-electron chi connectivity index (χ2n) is 5.25. The standard InChI is InChI=1S/C16H13ClFNO4S2/c17-13-8-12(3-4-14(13)18)25(21,22)19-10-16(20,11-5-7-24-9-11)15-2-1-6-23-15/h1-9,19-20H,10H2/t16-/m0/s1. The molecule has 0 amide bonds. The number of halogens is 2. The lowest BCUT2D eigenvalue weighted by Crippen LogP contribution is -2.41. The molecular formula is C16H13ClFNO4S2. The van der Waals surface area contributed by atoms with E-state index in [9.17, 15) is 17.9 Å². The largest absolute Gasteiger partial charge is 0.466 e. The molecule has 0 saturated heterocycles. The molecule has 0 unspecified atom stereocenters. The average Bonchev–Trinajstić information content (AvgIpc) is 3.29. The summed E-state index contributed by atoms with van der Waals surface area (Å²) >= 11 is 7.00. The Morgan fingerprint density at radius 1 is 1.32 bits per heavy atom. The normalized spacial score (nSPS) is 14.4. The van der Waals surface area contributed by atoms with Crippen LogP contribution < -0.4 is 4.72 Å². The minimum atomic E-state index is -4.01. The van der Waals surface area contributed by atoms with Crippen LogP contribution in [-0.2, 0) is 15.6 Å². The van der Waals surface area contributed by atoms with E-state index in [0.29, 0.717) is 5.56 Å². The Morgan fingerprint density at radius 2 is 2.12 bits per heavy atom. The Hall–Kier alpha value is -1.71. The monoisotopic (exact) mass is 401 g/mol. The van der Waals surface area contributed by atoms with Crippen molar-refractivity contribution in [3.8, 4) is 0 Å². The van der Waals surface area contributed by atoms with Gasteiger partial charge in [0.15, 0.2) is 5.60 Å². The summed E-state index contributed by atoms with van der Waals surface area (Å²) in [5.41, 5.74) is -1.19. The van der Waals surface area contributed by atoms with Crippen LogP contribution in [0.3, 0.4) is 0 Å². The van der Waals surface area contributed by atoms with E-state index in [1.807, 2.05) is 0 Å². The molecule has 0 bridgehead atoms. The third-order valence-electron chi connectivity index (χ3n) is 3.65. The highest BCUT2D eigenvalue weighted by Crippen LogP contribution is 2.31. The fraction of sp³-hybridized carbons (Fsp3) is 0.125. The van der Waals surface area contributed by atoms with Gasteiger partial charge >= 0.3 is 0 Å². The summed E-state index contributed by atoms with van der Waals surface area (Å²) in [4.78, 5) is -0.203. The van der Waals surface area contributed by atoms with Gasteiger partial charge in [0.05, 0.1) is 22.7 Å². The van der Waals surface area contributed by atoms with Crippen LogP contribution in [0, 0.1) is 5.82 Å². The third kappa shape index (κ3) is 3.63. The van der Waals surface area contributed by atoms with Crippen molar-refractivity contribution < 1.29 is 22.3 Å². The van der Waals surface area contributed by atoms with Crippen molar-refractivity contribution in [1.29, 1.82) is 0 Å². The minimum absolute atomic E-state index is 0.200. The molecule has 2 N–H and O–H groups in total. The predicted octanol–water partition coefficient (Wildman–Crippen LogP) is 3.35. The summed E-state index contributed by atoms with van der Waals surface area (Å²) in [5, 5.41) is 14.2. The summed E-state index contributed by atoms with van der Waals surface area (Å²) in [5.74, 6) is -0.517. The van der Waals surface area contributed by atoms with Gasteiger partial charge in [-0.1, -0.05) is 11.6 Å². The van der Waals surface area contributed by atoms with Gasteiger partial charge in [-0.05, 0) is 47.2 Å². The lowest BCUT2D eigenvalue weighted by atomic mass is 9.94. The summed E-state index contributed by atoms with van der Waals surface area (Å²) in [6, 6.07) is 7.90. The number of nitrogens with one attached hydrogen (secondary N) is 1. The van der Waals surface area contributed by atoms with E-state index in [-0.39, 0.29) is 22.2 Å². The second-order valence-corrected chi connectivity index (χ2v) is 8.20. The molecule has 1 aromatic carbocycles. The maximum atomic E-state index is 13.2. The van der Waals surface area contributed by atoms with Gasteiger partial charge < -0.3 is 9.52 Å². The van der Waals surface area contributed by atoms with Crippen LogP contribution in [0.15, 0.2) is 62.7 Å². The van der Waals surface area contributed by atoms with E-state index in [2.05, 4.69) is 4.72 Å². The Balaban J connectivity index is 1.90. The Morgan fingerprint density at radius 3 is 2.72 bits per heavy atom. The van der Waals surface area contributed by atoms with Crippen molar-refractivity contribution in [3.63, 3.8) is 0 Å². The van der Waals surface area contributed by atoms with Crippen molar-refractivity contribution >= 4 is 33.0 Å². The highest BCUT2D eigenvalue weighted by Gasteiger charge is 2.36. The molecule has 25 heavy (non-hydrogen) atoms. The summed E-state index contributed by atoms with van der Waals surface area (Å²) in [6.45, 7) is -0.366. The van der Waals surface area contributed by atoms with Gasteiger partial charge in [0.2, 0.25) is 10.0 Å². The third-order valence-corrected chi connectivity index (χ3v) is 6.02. The summed E-state index contributed by atoms with van der Waals surface area (Å²) < 4.78 is 45.7. The minimum Gasteiger partial charge on any atom is -0.466 e. The molecule has 2 aromatic heterocycles. The molecule has 1 atom stereocenters. The first-order chi connectivity index (χ1) is 11.8. The number of furan rings is 1. The predicted molar refractivity (Wildman–Crippen MR) is 92.6 cm³/mol. The van der Waals surface area contributed by atoms with Gasteiger partial charge in [0.25, 0.3) is 0 Å². The van der Waals surface area contributed by atoms with Crippen LogP contribution in [0.25, 0.3) is 0 Å². The number of hydrogen-bond acceptors (Lipinski definition) is 5. The molecule has 2 heterocycles. The SMILES string of the molecule is O=S(=O)(NC[C@](O)(c1ccsc1)c1ccco1)c1ccc(F)c(Cl)c1. The van der Waals surface area contributed by atoms with E-state index in [0.717, 1.165) is 18.2 Å². The number of benzene rings is 1. The molecule has 9 heteroatoms. The van der Waals surface area contributed by atoms with Gasteiger partial charge in [-0.25, -0.2) is 17.5 Å². The molecule has 5 nitrogen and oxygen atoms in total. The van der Waals surface area contributed by atoms with Gasteiger partial charge in [-0.2, -0.15) is 11.3 Å². The van der Waals surface area contributed by atoms with Crippen molar-refractivity contribution in [2.45, 2.75) is 10.5 Å². The Kier molecular flexibility index (Phi) is 4.99. The molecular weight excluding hydrogens is 389 g/mol.